The fourth-order valence-electron chi connectivity index (χ4n) is 1.58. The predicted molar refractivity (Wildman–Crippen MR) is 48.8 cm³/mol. The molecule has 1 fully saturated rings. The summed E-state index contributed by atoms with van der Waals surface area (Å²) in [4.78, 5) is 11.9. The van der Waals surface area contributed by atoms with Gasteiger partial charge in [0.05, 0.1) is 5.92 Å². The summed E-state index contributed by atoms with van der Waals surface area (Å²) in [5.41, 5.74) is 0. The number of hydrogen-bond donors (Lipinski definition) is 1. The predicted octanol–water partition coefficient (Wildman–Crippen LogP) is 1.91. The lowest BCUT2D eigenvalue weighted by atomic mass is 10.0. The summed E-state index contributed by atoms with van der Waals surface area (Å²) in [6.45, 7) is 0.555. The topological polar surface area (TPSA) is 46.5 Å². The highest BCUT2D eigenvalue weighted by molar-refractivity contribution is 7.10. The third-order valence-corrected chi connectivity index (χ3v) is 3.17. The molecule has 1 N–H and O–H groups in total. The van der Waals surface area contributed by atoms with Gasteiger partial charge >= 0.3 is 5.97 Å². The maximum atomic E-state index is 10.8. The van der Waals surface area contributed by atoms with Crippen molar-refractivity contribution in [1.29, 1.82) is 0 Å². The van der Waals surface area contributed by atoms with Crippen molar-refractivity contribution in [1.82, 2.24) is 0 Å². The van der Waals surface area contributed by atoms with Gasteiger partial charge in [0.15, 0.2) is 0 Å². The number of rotatable bonds is 2. The maximum Gasteiger partial charge on any atom is 0.309 e. The second kappa shape index (κ2) is 3.47. The van der Waals surface area contributed by atoms with Crippen LogP contribution in [0.25, 0.3) is 0 Å². The normalized spacial score (nSPS) is 27.7. The van der Waals surface area contributed by atoms with E-state index in [1.807, 2.05) is 17.5 Å². The molecule has 2 rings (SSSR count). The van der Waals surface area contributed by atoms with Crippen molar-refractivity contribution in [2.24, 2.45) is 5.92 Å². The average molecular weight is 198 g/mol. The zero-order valence-electron chi connectivity index (χ0n) is 6.97. The van der Waals surface area contributed by atoms with Gasteiger partial charge in [0.2, 0.25) is 0 Å². The van der Waals surface area contributed by atoms with Gasteiger partial charge in [0.1, 0.15) is 6.10 Å². The molecule has 4 heteroatoms. The third-order valence-electron chi connectivity index (χ3n) is 2.23. The van der Waals surface area contributed by atoms with Crippen molar-refractivity contribution >= 4 is 17.3 Å². The van der Waals surface area contributed by atoms with Crippen molar-refractivity contribution in [2.45, 2.75) is 12.5 Å². The Kier molecular flexibility index (Phi) is 2.33. The van der Waals surface area contributed by atoms with Crippen molar-refractivity contribution in [2.75, 3.05) is 6.61 Å². The highest BCUT2D eigenvalue weighted by Crippen LogP contribution is 2.36. The molecule has 0 spiro atoms. The second-order valence-electron chi connectivity index (χ2n) is 3.04. The quantitative estimate of drug-likeness (QED) is 0.789. The van der Waals surface area contributed by atoms with Crippen LogP contribution in [0.4, 0.5) is 0 Å². The first-order valence-corrected chi connectivity index (χ1v) is 5.05. The van der Waals surface area contributed by atoms with Crippen LogP contribution in [0.15, 0.2) is 17.5 Å². The van der Waals surface area contributed by atoms with Crippen molar-refractivity contribution in [3.63, 3.8) is 0 Å². The maximum absolute atomic E-state index is 10.8. The Balaban J connectivity index is 2.19. The molecular weight excluding hydrogens is 188 g/mol. The van der Waals surface area contributed by atoms with Gasteiger partial charge in [-0.05, 0) is 17.9 Å². The van der Waals surface area contributed by atoms with E-state index < -0.39 is 5.97 Å². The minimum absolute atomic E-state index is 0.225. The monoisotopic (exact) mass is 198 g/mol. The molecule has 0 amide bonds. The van der Waals surface area contributed by atoms with Gasteiger partial charge in [-0.15, -0.1) is 11.3 Å². The van der Waals surface area contributed by atoms with Gasteiger partial charge in [0.25, 0.3) is 0 Å². The lowest BCUT2D eigenvalue weighted by Crippen LogP contribution is -2.16. The molecule has 0 saturated carbocycles. The molecule has 2 heterocycles. The van der Waals surface area contributed by atoms with Crippen LogP contribution in [0.3, 0.4) is 0 Å². The molecule has 1 aromatic rings. The molecule has 1 aliphatic rings. The van der Waals surface area contributed by atoms with Crippen LogP contribution in [-0.2, 0) is 9.53 Å². The minimum atomic E-state index is -0.754. The van der Waals surface area contributed by atoms with Crippen LogP contribution in [0, 0.1) is 5.92 Å². The zero-order chi connectivity index (χ0) is 9.26. The molecule has 13 heavy (non-hydrogen) atoms. The summed E-state index contributed by atoms with van der Waals surface area (Å²) in [5, 5.41) is 10.8. The molecule has 3 nitrogen and oxygen atoms in total. The minimum Gasteiger partial charge on any atom is -0.481 e. The Hall–Kier alpha value is -0.870. The van der Waals surface area contributed by atoms with Crippen LogP contribution in [-0.4, -0.2) is 17.7 Å². The van der Waals surface area contributed by atoms with E-state index in [0.29, 0.717) is 13.0 Å². The molecule has 2 atom stereocenters. The Labute approximate surface area is 80.0 Å². The standard InChI is InChI=1S/C9H10O3S/c10-9(11)6-3-4-12-8(6)7-2-1-5-13-7/h1-2,5-6,8H,3-4H2,(H,10,11)/t6-,8-/m1/s1. The molecule has 70 valence electrons. The highest BCUT2D eigenvalue weighted by Gasteiger charge is 2.35. The molecule has 0 unspecified atom stereocenters. The average Bonchev–Trinajstić information content (AvgIpc) is 2.74. The van der Waals surface area contributed by atoms with Crippen LogP contribution in [0.1, 0.15) is 17.4 Å². The van der Waals surface area contributed by atoms with E-state index in [1.54, 1.807) is 11.3 Å². The largest absolute Gasteiger partial charge is 0.481 e. The number of carboxylic acid groups (broad SMARTS) is 1. The van der Waals surface area contributed by atoms with E-state index in [2.05, 4.69) is 0 Å². The SMILES string of the molecule is O=C(O)[C@@H]1CCO[C@H]1c1cccs1. The van der Waals surface area contributed by atoms with Crippen molar-refractivity contribution in [3.8, 4) is 0 Å². The van der Waals surface area contributed by atoms with Crippen LogP contribution < -0.4 is 0 Å². The molecule has 1 saturated heterocycles. The fraction of sp³-hybridized carbons (Fsp3) is 0.444. The fourth-order valence-corrected chi connectivity index (χ4v) is 2.41. The Bertz CT molecular complexity index is 294. The molecule has 0 aliphatic carbocycles. The van der Waals surface area contributed by atoms with E-state index >= 15 is 0 Å². The van der Waals surface area contributed by atoms with Crippen LogP contribution in [0.2, 0.25) is 0 Å². The van der Waals surface area contributed by atoms with Gasteiger partial charge in [-0.25, -0.2) is 0 Å². The third kappa shape index (κ3) is 1.59. The van der Waals surface area contributed by atoms with Gasteiger partial charge in [-0.1, -0.05) is 6.07 Å². The highest BCUT2D eigenvalue weighted by atomic mass is 32.1. The van der Waals surface area contributed by atoms with Gasteiger partial charge in [-0.3, -0.25) is 4.79 Å². The molecule has 0 bridgehead atoms. The summed E-state index contributed by atoms with van der Waals surface area (Å²) in [5.74, 6) is -1.12. The Morgan fingerprint density at radius 1 is 1.69 bits per heavy atom. The van der Waals surface area contributed by atoms with E-state index in [-0.39, 0.29) is 12.0 Å². The Morgan fingerprint density at radius 2 is 2.54 bits per heavy atom. The lowest BCUT2D eigenvalue weighted by molar-refractivity contribution is -0.143. The van der Waals surface area contributed by atoms with Gasteiger partial charge in [-0.2, -0.15) is 0 Å². The first-order valence-electron chi connectivity index (χ1n) is 4.17. The number of carbonyl (C=O) groups is 1. The summed E-state index contributed by atoms with van der Waals surface area (Å²) in [7, 11) is 0. The van der Waals surface area contributed by atoms with Crippen molar-refractivity contribution in [3.05, 3.63) is 22.4 Å². The first-order chi connectivity index (χ1) is 6.29. The summed E-state index contributed by atoms with van der Waals surface area (Å²) in [6.07, 6.45) is 0.398. The molecular formula is C9H10O3S. The molecule has 1 aliphatic heterocycles. The summed E-state index contributed by atoms with van der Waals surface area (Å²) >= 11 is 1.55. The molecule has 0 radical (unpaired) electrons. The number of ether oxygens (including phenoxy) is 1. The van der Waals surface area contributed by atoms with Crippen LogP contribution in [0.5, 0.6) is 0 Å². The second-order valence-corrected chi connectivity index (χ2v) is 4.02. The van der Waals surface area contributed by atoms with Crippen LogP contribution >= 0.6 is 11.3 Å². The number of carboxylic acids is 1. The van der Waals surface area contributed by atoms with E-state index in [1.165, 1.54) is 0 Å². The van der Waals surface area contributed by atoms with Gasteiger partial charge < -0.3 is 9.84 Å². The van der Waals surface area contributed by atoms with E-state index in [0.717, 1.165) is 4.88 Å². The van der Waals surface area contributed by atoms with Crippen molar-refractivity contribution < 1.29 is 14.6 Å². The van der Waals surface area contributed by atoms with E-state index in [4.69, 9.17) is 9.84 Å². The number of thiophene rings is 1. The molecule has 1 aromatic heterocycles. The summed E-state index contributed by atoms with van der Waals surface area (Å²) < 4.78 is 5.40. The van der Waals surface area contributed by atoms with Gasteiger partial charge in [0, 0.05) is 11.5 Å². The smallest absolute Gasteiger partial charge is 0.309 e. The lowest BCUT2D eigenvalue weighted by Gasteiger charge is -2.12. The first kappa shape index (κ1) is 8.72. The molecule has 0 aromatic carbocycles. The summed E-state index contributed by atoms with van der Waals surface area (Å²) in [6, 6.07) is 3.84. The van der Waals surface area contributed by atoms with E-state index in [9.17, 15) is 4.79 Å². The number of aliphatic carboxylic acids is 1. The zero-order valence-corrected chi connectivity index (χ0v) is 7.79. The number of hydrogen-bond acceptors (Lipinski definition) is 3. The Morgan fingerprint density at radius 3 is 3.15 bits per heavy atom.